The van der Waals surface area contributed by atoms with Gasteiger partial charge in [-0.05, 0) is 24.6 Å². The SMILES string of the molecule is CC(NC(=O)Nc1cc(N)c(C(=N)c2cnn(C)c2)cn1)c1ccc(F)c(Cl)c1. The largest absolute Gasteiger partial charge is 0.398 e. The number of urea groups is 1. The number of hydrogen-bond acceptors (Lipinski definition) is 5. The molecule has 10 heteroatoms. The number of benzene rings is 1. The molecule has 1 aromatic carbocycles. The van der Waals surface area contributed by atoms with Gasteiger partial charge in [-0.1, -0.05) is 17.7 Å². The van der Waals surface area contributed by atoms with Gasteiger partial charge in [0.05, 0.1) is 23.0 Å². The molecule has 29 heavy (non-hydrogen) atoms. The molecular formula is C19H19ClFN7O. The Morgan fingerprint density at radius 3 is 2.72 bits per heavy atom. The van der Waals surface area contributed by atoms with Crippen LogP contribution in [0, 0.1) is 11.2 Å². The lowest BCUT2D eigenvalue weighted by molar-refractivity contribution is 0.249. The number of nitrogen functional groups attached to an aromatic ring is 1. The minimum absolute atomic E-state index is 0.0161. The summed E-state index contributed by atoms with van der Waals surface area (Å²) in [4.78, 5) is 16.4. The van der Waals surface area contributed by atoms with Crippen LogP contribution in [0.2, 0.25) is 5.02 Å². The molecule has 150 valence electrons. The number of aryl methyl sites for hydroxylation is 1. The van der Waals surface area contributed by atoms with Crippen LogP contribution in [0.1, 0.15) is 29.7 Å². The highest BCUT2D eigenvalue weighted by Gasteiger charge is 2.15. The third kappa shape index (κ3) is 4.69. The monoisotopic (exact) mass is 415 g/mol. The van der Waals surface area contributed by atoms with E-state index in [1.165, 1.54) is 24.4 Å². The first-order valence-corrected chi connectivity index (χ1v) is 8.98. The van der Waals surface area contributed by atoms with Gasteiger partial charge < -0.3 is 11.1 Å². The second-order valence-corrected chi connectivity index (χ2v) is 6.84. The molecule has 0 aliphatic carbocycles. The van der Waals surface area contributed by atoms with E-state index in [0.717, 1.165) is 0 Å². The van der Waals surface area contributed by atoms with E-state index in [4.69, 9.17) is 22.7 Å². The highest BCUT2D eigenvalue weighted by Crippen LogP contribution is 2.21. The molecule has 2 amide bonds. The van der Waals surface area contributed by atoms with Crippen LogP contribution in [0.25, 0.3) is 0 Å². The van der Waals surface area contributed by atoms with E-state index in [0.29, 0.717) is 22.4 Å². The molecule has 2 heterocycles. The second-order valence-electron chi connectivity index (χ2n) is 6.43. The minimum Gasteiger partial charge on any atom is -0.398 e. The molecule has 0 aliphatic rings. The number of anilines is 2. The van der Waals surface area contributed by atoms with E-state index < -0.39 is 17.9 Å². The van der Waals surface area contributed by atoms with Gasteiger partial charge in [0.2, 0.25) is 0 Å². The van der Waals surface area contributed by atoms with Gasteiger partial charge in [0.25, 0.3) is 0 Å². The van der Waals surface area contributed by atoms with E-state index in [2.05, 4.69) is 20.7 Å². The van der Waals surface area contributed by atoms with Crippen molar-refractivity contribution in [2.45, 2.75) is 13.0 Å². The Labute approximate surface area is 171 Å². The zero-order chi connectivity index (χ0) is 21.1. The number of amides is 2. The predicted molar refractivity (Wildman–Crippen MR) is 110 cm³/mol. The van der Waals surface area contributed by atoms with Gasteiger partial charge in [0, 0.05) is 42.3 Å². The van der Waals surface area contributed by atoms with Crippen LogP contribution in [0.3, 0.4) is 0 Å². The summed E-state index contributed by atoms with van der Waals surface area (Å²) in [6.07, 6.45) is 4.68. The first-order valence-electron chi connectivity index (χ1n) is 8.60. The molecular weight excluding hydrogens is 397 g/mol. The molecule has 0 saturated heterocycles. The second kappa shape index (κ2) is 8.27. The molecule has 0 radical (unpaired) electrons. The first-order chi connectivity index (χ1) is 13.7. The molecule has 0 saturated carbocycles. The standard InChI is InChI=1S/C19H19ClFN7O/c1-10(11-3-4-15(21)14(20)5-11)26-19(29)27-17-6-16(22)13(8-24-17)18(23)12-7-25-28(2)9-12/h3-10,23H,1-2H3,(H4,22,24,26,27,29). The van der Waals surface area contributed by atoms with Gasteiger partial charge in [-0.15, -0.1) is 0 Å². The van der Waals surface area contributed by atoms with Gasteiger partial charge in [0.15, 0.2) is 0 Å². The number of nitrogens with zero attached hydrogens (tertiary/aromatic N) is 3. The van der Waals surface area contributed by atoms with Crippen LogP contribution >= 0.6 is 11.6 Å². The van der Waals surface area contributed by atoms with E-state index in [-0.39, 0.29) is 16.6 Å². The number of carbonyl (C=O) groups excluding carboxylic acids is 1. The number of aromatic nitrogens is 3. The van der Waals surface area contributed by atoms with Crippen molar-refractivity contribution in [3.63, 3.8) is 0 Å². The Morgan fingerprint density at radius 1 is 1.34 bits per heavy atom. The smallest absolute Gasteiger partial charge is 0.320 e. The molecule has 1 unspecified atom stereocenters. The molecule has 3 rings (SSSR count). The first kappa shape index (κ1) is 20.3. The molecule has 8 nitrogen and oxygen atoms in total. The van der Waals surface area contributed by atoms with Gasteiger partial charge in [-0.25, -0.2) is 14.2 Å². The Kier molecular flexibility index (Phi) is 5.79. The number of hydrogen-bond donors (Lipinski definition) is 4. The summed E-state index contributed by atoms with van der Waals surface area (Å²) in [5.41, 5.74) is 8.19. The summed E-state index contributed by atoms with van der Waals surface area (Å²) in [7, 11) is 1.75. The van der Waals surface area contributed by atoms with Crippen molar-refractivity contribution in [1.82, 2.24) is 20.1 Å². The number of rotatable bonds is 5. The maximum absolute atomic E-state index is 13.3. The molecule has 0 aliphatic heterocycles. The number of halogens is 2. The van der Waals surface area contributed by atoms with Crippen molar-refractivity contribution >= 4 is 34.8 Å². The number of nitrogens with one attached hydrogen (secondary N) is 3. The average molecular weight is 416 g/mol. The summed E-state index contributed by atoms with van der Waals surface area (Å²) < 4.78 is 14.9. The maximum Gasteiger partial charge on any atom is 0.320 e. The van der Waals surface area contributed by atoms with Crippen LogP contribution in [-0.2, 0) is 7.05 Å². The summed E-state index contributed by atoms with van der Waals surface area (Å²) in [6, 6.07) is 4.78. The van der Waals surface area contributed by atoms with Gasteiger partial charge in [0.1, 0.15) is 11.6 Å². The quantitative estimate of drug-likeness (QED) is 0.476. The molecule has 1 atom stereocenters. The third-order valence-electron chi connectivity index (χ3n) is 4.23. The van der Waals surface area contributed by atoms with Crippen LogP contribution < -0.4 is 16.4 Å². The maximum atomic E-state index is 13.3. The van der Waals surface area contributed by atoms with E-state index in [1.54, 1.807) is 37.1 Å². The molecule has 0 spiro atoms. The van der Waals surface area contributed by atoms with Crippen molar-refractivity contribution in [3.8, 4) is 0 Å². The fourth-order valence-electron chi connectivity index (χ4n) is 2.67. The van der Waals surface area contributed by atoms with Crippen LogP contribution in [-0.4, -0.2) is 26.5 Å². The lowest BCUT2D eigenvalue weighted by atomic mass is 10.1. The number of carbonyl (C=O) groups is 1. The highest BCUT2D eigenvalue weighted by atomic mass is 35.5. The highest BCUT2D eigenvalue weighted by molar-refractivity contribution is 6.30. The lowest BCUT2D eigenvalue weighted by Gasteiger charge is -2.16. The lowest BCUT2D eigenvalue weighted by Crippen LogP contribution is -2.31. The minimum atomic E-state index is -0.524. The van der Waals surface area contributed by atoms with Crippen molar-refractivity contribution in [1.29, 1.82) is 5.41 Å². The summed E-state index contributed by atoms with van der Waals surface area (Å²) >= 11 is 5.78. The molecule has 5 N–H and O–H groups in total. The van der Waals surface area contributed by atoms with Crippen LogP contribution in [0.5, 0.6) is 0 Å². The summed E-state index contributed by atoms with van der Waals surface area (Å²) in [5.74, 6) is -0.296. The van der Waals surface area contributed by atoms with Crippen molar-refractivity contribution in [2.75, 3.05) is 11.1 Å². The zero-order valence-electron chi connectivity index (χ0n) is 15.7. The van der Waals surface area contributed by atoms with Crippen molar-refractivity contribution < 1.29 is 9.18 Å². The van der Waals surface area contributed by atoms with E-state index >= 15 is 0 Å². The summed E-state index contributed by atoms with van der Waals surface area (Å²) in [5, 5.41) is 17.6. The Hall–Kier alpha value is -3.46. The molecule has 0 fully saturated rings. The van der Waals surface area contributed by atoms with Crippen molar-refractivity contribution in [3.05, 3.63) is 70.4 Å². The summed E-state index contributed by atoms with van der Waals surface area (Å²) in [6.45, 7) is 1.74. The Balaban J connectivity index is 1.66. The molecule has 0 bridgehead atoms. The van der Waals surface area contributed by atoms with Crippen LogP contribution in [0.4, 0.5) is 20.7 Å². The normalized spacial score (nSPS) is 11.7. The van der Waals surface area contributed by atoms with E-state index in [1.807, 2.05) is 0 Å². The number of nitrogens with two attached hydrogens (primary N) is 1. The predicted octanol–water partition coefficient (Wildman–Crippen LogP) is 3.49. The van der Waals surface area contributed by atoms with Crippen LogP contribution in [0.15, 0.2) is 42.9 Å². The van der Waals surface area contributed by atoms with Crippen molar-refractivity contribution in [2.24, 2.45) is 7.05 Å². The van der Waals surface area contributed by atoms with E-state index in [9.17, 15) is 9.18 Å². The van der Waals surface area contributed by atoms with Gasteiger partial charge >= 0.3 is 6.03 Å². The molecule has 2 aromatic heterocycles. The Bertz CT molecular complexity index is 1080. The topological polar surface area (TPSA) is 122 Å². The Morgan fingerprint density at radius 2 is 2.10 bits per heavy atom. The number of pyridine rings is 1. The average Bonchev–Trinajstić information content (AvgIpc) is 3.10. The third-order valence-corrected chi connectivity index (χ3v) is 4.52. The fourth-order valence-corrected chi connectivity index (χ4v) is 2.86. The molecule has 3 aromatic rings. The zero-order valence-corrected chi connectivity index (χ0v) is 16.5. The fraction of sp³-hybridized carbons (Fsp3) is 0.158. The van der Waals surface area contributed by atoms with Gasteiger partial charge in [-0.3, -0.25) is 15.4 Å². The van der Waals surface area contributed by atoms with Gasteiger partial charge in [-0.2, -0.15) is 5.10 Å².